The largest absolute Gasteiger partial charge is 0.493 e. The summed E-state index contributed by atoms with van der Waals surface area (Å²) in [7, 11) is 0. The quantitative estimate of drug-likeness (QED) is 0.212. The van der Waals surface area contributed by atoms with E-state index in [1.54, 1.807) is 19.1 Å². The molecular weight excluding hydrogens is 547 g/mol. The second-order valence-corrected chi connectivity index (χ2v) is 11.7. The summed E-state index contributed by atoms with van der Waals surface area (Å²) in [4.78, 5) is 17.3. The summed E-state index contributed by atoms with van der Waals surface area (Å²) in [6.45, 7) is 8.34. The van der Waals surface area contributed by atoms with Gasteiger partial charge in [0.2, 0.25) is 0 Å². The van der Waals surface area contributed by atoms with Crippen molar-refractivity contribution in [2.45, 2.75) is 58.7 Å². The van der Waals surface area contributed by atoms with Crippen LogP contribution in [0.3, 0.4) is 0 Å². The Hall–Kier alpha value is -4.43. The number of nitrogen functional groups attached to an aromatic ring is 1. The lowest BCUT2D eigenvalue weighted by Gasteiger charge is -2.29. The molecule has 0 spiro atoms. The van der Waals surface area contributed by atoms with Crippen molar-refractivity contribution in [3.63, 3.8) is 0 Å². The average Bonchev–Trinajstić information content (AvgIpc) is 2.96. The SMILES string of the molecule is Cc1nc(N)c(-c2ccc(OCCc3ccc(F)cc3)cc2)c(-c2ccc3c(c2)CCCO3)c1[C@H](OC(C)(C)C)C(=O)O. The third kappa shape index (κ3) is 6.97. The first kappa shape index (κ1) is 30.0. The normalized spacial score (nSPS) is 13.6. The number of rotatable bonds is 9. The predicted molar refractivity (Wildman–Crippen MR) is 165 cm³/mol. The molecular formula is C35H37FN2O5. The summed E-state index contributed by atoms with van der Waals surface area (Å²) in [6.07, 6.45) is 1.12. The fraction of sp³-hybridized carbons (Fsp3) is 0.314. The van der Waals surface area contributed by atoms with Gasteiger partial charge in [-0.1, -0.05) is 30.3 Å². The van der Waals surface area contributed by atoms with Crippen molar-refractivity contribution in [3.05, 3.63) is 94.9 Å². The van der Waals surface area contributed by atoms with Crippen LogP contribution in [0.15, 0.2) is 66.7 Å². The van der Waals surface area contributed by atoms with Gasteiger partial charge >= 0.3 is 5.97 Å². The lowest BCUT2D eigenvalue weighted by atomic mass is 9.86. The Kier molecular flexibility index (Phi) is 8.69. The molecule has 224 valence electrons. The Morgan fingerprint density at radius 2 is 1.74 bits per heavy atom. The number of pyridine rings is 1. The molecule has 0 aliphatic carbocycles. The van der Waals surface area contributed by atoms with Crippen molar-refractivity contribution in [3.8, 4) is 33.8 Å². The van der Waals surface area contributed by atoms with Gasteiger partial charge in [-0.2, -0.15) is 0 Å². The number of hydrogen-bond acceptors (Lipinski definition) is 6. The summed E-state index contributed by atoms with van der Waals surface area (Å²) in [5, 5.41) is 10.4. The van der Waals surface area contributed by atoms with Crippen molar-refractivity contribution >= 4 is 11.8 Å². The number of carboxylic acid groups (broad SMARTS) is 1. The minimum atomic E-state index is -1.27. The van der Waals surface area contributed by atoms with Crippen LogP contribution in [0, 0.1) is 12.7 Å². The van der Waals surface area contributed by atoms with Crippen molar-refractivity contribution < 1.29 is 28.5 Å². The van der Waals surface area contributed by atoms with Crippen LogP contribution in [0.2, 0.25) is 0 Å². The van der Waals surface area contributed by atoms with Gasteiger partial charge in [0.1, 0.15) is 23.1 Å². The molecule has 7 nitrogen and oxygen atoms in total. The number of nitrogens with two attached hydrogens (primary N) is 1. The third-order valence-electron chi connectivity index (χ3n) is 7.32. The first-order chi connectivity index (χ1) is 20.5. The lowest BCUT2D eigenvalue weighted by molar-refractivity contribution is -0.160. The number of fused-ring (bicyclic) bond motifs is 1. The zero-order valence-electron chi connectivity index (χ0n) is 24.9. The van der Waals surface area contributed by atoms with Gasteiger partial charge in [-0.15, -0.1) is 0 Å². The molecule has 3 N–H and O–H groups in total. The van der Waals surface area contributed by atoms with Crippen molar-refractivity contribution in [1.29, 1.82) is 0 Å². The van der Waals surface area contributed by atoms with Crippen LogP contribution in [0.4, 0.5) is 10.2 Å². The van der Waals surface area contributed by atoms with Crippen molar-refractivity contribution in [2.24, 2.45) is 0 Å². The van der Waals surface area contributed by atoms with Gasteiger partial charge in [-0.05, 0) is 99.2 Å². The number of carbonyl (C=O) groups is 1. The first-order valence-corrected chi connectivity index (χ1v) is 14.4. The molecule has 0 bridgehead atoms. The van der Waals surface area contributed by atoms with Gasteiger partial charge in [0.15, 0.2) is 6.10 Å². The minimum Gasteiger partial charge on any atom is -0.493 e. The van der Waals surface area contributed by atoms with Crippen LogP contribution in [-0.2, 0) is 22.4 Å². The molecule has 3 aromatic carbocycles. The molecule has 43 heavy (non-hydrogen) atoms. The van der Waals surface area contributed by atoms with Crippen LogP contribution in [0.25, 0.3) is 22.3 Å². The smallest absolute Gasteiger partial charge is 0.337 e. The number of hydrogen-bond donors (Lipinski definition) is 2. The van der Waals surface area contributed by atoms with Crippen LogP contribution >= 0.6 is 0 Å². The Morgan fingerprint density at radius 3 is 2.42 bits per heavy atom. The Labute approximate surface area is 251 Å². The standard InChI is InChI=1S/C35H37FN2O5/c1-21-29(32(34(39)40)43-35(2,3)4)30(25-11-16-28-24(20-25)6-5-18-42-28)31(33(37)38-21)23-9-14-27(15-10-23)41-19-17-22-7-12-26(36)13-8-22/h7-16,20,32H,5-6,17-19H2,1-4H3,(H2,37,38)(H,39,40)/t32-/m0/s1. The van der Waals surface area contributed by atoms with E-state index in [0.717, 1.165) is 40.8 Å². The van der Waals surface area contributed by atoms with E-state index in [0.29, 0.717) is 47.8 Å². The molecule has 5 rings (SSSR count). The van der Waals surface area contributed by atoms with Crippen LogP contribution < -0.4 is 15.2 Å². The highest BCUT2D eigenvalue weighted by Crippen LogP contribution is 2.45. The maximum Gasteiger partial charge on any atom is 0.337 e. The van der Waals surface area contributed by atoms with E-state index in [4.69, 9.17) is 19.9 Å². The van der Waals surface area contributed by atoms with E-state index in [-0.39, 0.29) is 11.6 Å². The van der Waals surface area contributed by atoms with E-state index in [9.17, 15) is 14.3 Å². The highest BCUT2D eigenvalue weighted by molar-refractivity contribution is 5.94. The molecule has 1 aromatic heterocycles. The van der Waals surface area contributed by atoms with E-state index < -0.39 is 17.7 Å². The molecule has 0 saturated heterocycles. The van der Waals surface area contributed by atoms with E-state index in [2.05, 4.69) is 11.1 Å². The summed E-state index contributed by atoms with van der Waals surface area (Å²) < 4.78 is 31.1. The molecule has 4 aromatic rings. The number of anilines is 1. The maximum atomic E-state index is 13.2. The summed E-state index contributed by atoms with van der Waals surface area (Å²) >= 11 is 0. The topological polar surface area (TPSA) is 104 Å². The van der Waals surface area contributed by atoms with Crippen molar-refractivity contribution in [2.75, 3.05) is 18.9 Å². The van der Waals surface area contributed by atoms with Crippen molar-refractivity contribution in [1.82, 2.24) is 4.98 Å². The number of carboxylic acids is 1. The number of aromatic nitrogens is 1. The lowest BCUT2D eigenvalue weighted by Crippen LogP contribution is -2.28. The maximum absolute atomic E-state index is 13.2. The number of aliphatic carboxylic acids is 1. The summed E-state index contributed by atoms with van der Waals surface area (Å²) in [6, 6.07) is 19.8. The molecule has 8 heteroatoms. The average molecular weight is 585 g/mol. The number of aryl methyl sites for hydroxylation is 2. The predicted octanol–water partition coefficient (Wildman–Crippen LogP) is 7.33. The fourth-order valence-electron chi connectivity index (χ4n) is 5.41. The van der Waals surface area contributed by atoms with E-state index in [1.165, 1.54) is 12.1 Å². The van der Waals surface area contributed by atoms with Gasteiger partial charge < -0.3 is 25.1 Å². The molecule has 1 atom stereocenters. The first-order valence-electron chi connectivity index (χ1n) is 14.4. The summed E-state index contributed by atoms with van der Waals surface area (Å²) in [5.41, 5.74) is 11.7. The Morgan fingerprint density at radius 1 is 1.05 bits per heavy atom. The molecule has 0 radical (unpaired) electrons. The molecule has 0 amide bonds. The van der Waals surface area contributed by atoms with Crippen LogP contribution in [0.5, 0.6) is 11.5 Å². The highest BCUT2D eigenvalue weighted by Gasteiger charge is 2.33. The number of benzene rings is 3. The van der Waals surface area contributed by atoms with Gasteiger partial charge in [0.25, 0.3) is 0 Å². The van der Waals surface area contributed by atoms with Crippen LogP contribution in [0.1, 0.15) is 55.7 Å². The van der Waals surface area contributed by atoms with Gasteiger partial charge in [-0.25, -0.2) is 14.2 Å². The van der Waals surface area contributed by atoms with E-state index in [1.807, 2.05) is 57.2 Å². The van der Waals surface area contributed by atoms with Gasteiger partial charge in [0, 0.05) is 28.8 Å². The van der Waals surface area contributed by atoms with E-state index >= 15 is 0 Å². The Balaban J connectivity index is 1.57. The highest BCUT2D eigenvalue weighted by atomic mass is 19.1. The number of nitrogens with zero attached hydrogens (tertiary/aromatic N) is 1. The molecule has 1 aliphatic heterocycles. The molecule has 0 saturated carbocycles. The minimum absolute atomic E-state index is 0.268. The Bertz CT molecular complexity index is 1610. The molecule has 0 fully saturated rings. The van der Waals surface area contributed by atoms with Crippen LogP contribution in [-0.4, -0.2) is 34.9 Å². The zero-order valence-corrected chi connectivity index (χ0v) is 24.9. The molecule has 0 unspecified atom stereocenters. The summed E-state index contributed by atoms with van der Waals surface area (Å²) in [5.74, 6) is 0.408. The van der Waals surface area contributed by atoms with Gasteiger partial charge in [0.05, 0.1) is 18.8 Å². The number of ether oxygens (including phenoxy) is 3. The fourth-order valence-corrected chi connectivity index (χ4v) is 5.41. The second kappa shape index (κ2) is 12.4. The molecule has 2 heterocycles. The monoisotopic (exact) mass is 584 g/mol. The zero-order chi connectivity index (χ0) is 30.7. The molecule has 1 aliphatic rings. The second-order valence-electron chi connectivity index (χ2n) is 11.7. The third-order valence-corrected chi connectivity index (χ3v) is 7.32. The van der Waals surface area contributed by atoms with Gasteiger partial charge in [-0.3, -0.25) is 0 Å². The number of halogens is 1.